The first kappa shape index (κ1) is 30.3. The van der Waals surface area contributed by atoms with Gasteiger partial charge in [-0.15, -0.1) is 11.3 Å². The van der Waals surface area contributed by atoms with Crippen LogP contribution in [0, 0.1) is 0 Å². The number of benzene rings is 3. The van der Waals surface area contributed by atoms with Gasteiger partial charge >= 0.3 is 0 Å². The Morgan fingerprint density at radius 1 is 0.738 bits per heavy atom. The van der Waals surface area contributed by atoms with E-state index in [0.29, 0.717) is 0 Å². The third-order valence-electron chi connectivity index (χ3n) is 8.26. The summed E-state index contributed by atoms with van der Waals surface area (Å²) in [7, 11) is 0. The zero-order chi connectivity index (χ0) is 29.7. The predicted molar refractivity (Wildman–Crippen MR) is 173 cm³/mol. The molecular formula is C36H43NO4S. The lowest BCUT2D eigenvalue weighted by molar-refractivity contribution is -0.0871. The van der Waals surface area contributed by atoms with Crippen molar-refractivity contribution in [1.82, 2.24) is 0 Å². The summed E-state index contributed by atoms with van der Waals surface area (Å²) in [6.45, 7) is 11.3. The summed E-state index contributed by atoms with van der Waals surface area (Å²) in [4.78, 5) is 4.47. The van der Waals surface area contributed by atoms with E-state index in [9.17, 15) is 5.11 Å². The summed E-state index contributed by atoms with van der Waals surface area (Å²) in [5.74, 6) is 0.886. The molecule has 5 nitrogen and oxygen atoms in total. The third kappa shape index (κ3) is 6.73. The second kappa shape index (κ2) is 13.0. The number of aliphatic hydroxyl groups excluding tert-OH is 1. The number of hydrogen-bond acceptors (Lipinski definition) is 6. The minimum Gasteiger partial charge on any atom is -0.494 e. The number of hydrogen-bond donors (Lipinski definition) is 1. The van der Waals surface area contributed by atoms with Crippen molar-refractivity contribution in [2.24, 2.45) is 0 Å². The minimum absolute atomic E-state index is 0.0218. The Labute approximate surface area is 254 Å². The molecule has 222 valence electrons. The van der Waals surface area contributed by atoms with Gasteiger partial charge < -0.3 is 24.2 Å². The van der Waals surface area contributed by atoms with Gasteiger partial charge in [0.15, 0.2) is 6.29 Å². The molecule has 0 spiro atoms. The summed E-state index contributed by atoms with van der Waals surface area (Å²) in [5, 5.41) is 9.57. The standard InChI is InChI=1S/C36H43NO4S/c1-6-7-8-9-24-39-31-20-18-30(19-21-31)37(28-14-10-26(25-38)11-15-28)29-16-12-27(13-17-29)32-22-23-33(42-32)34-40-35(2,3)36(4,5)41-34/h10-23,34,38H,6-9,24-25H2,1-5H3. The molecular weight excluding hydrogens is 542 g/mol. The van der Waals surface area contributed by atoms with Gasteiger partial charge in [-0.3, -0.25) is 0 Å². The molecule has 0 radical (unpaired) electrons. The van der Waals surface area contributed by atoms with Gasteiger partial charge in [-0.1, -0.05) is 50.5 Å². The van der Waals surface area contributed by atoms with Crippen LogP contribution in [0.3, 0.4) is 0 Å². The van der Waals surface area contributed by atoms with E-state index in [1.807, 2.05) is 36.4 Å². The maximum Gasteiger partial charge on any atom is 0.194 e. The first-order chi connectivity index (χ1) is 20.2. The Balaban J connectivity index is 1.36. The van der Waals surface area contributed by atoms with Crippen LogP contribution >= 0.6 is 11.3 Å². The van der Waals surface area contributed by atoms with Crippen LogP contribution in [-0.4, -0.2) is 22.9 Å². The fraction of sp³-hybridized carbons (Fsp3) is 0.389. The van der Waals surface area contributed by atoms with E-state index in [4.69, 9.17) is 14.2 Å². The maximum atomic E-state index is 9.57. The van der Waals surface area contributed by atoms with E-state index in [1.54, 1.807) is 11.3 Å². The molecule has 2 heterocycles. The van der Waals surface area contributed by atoms with Crippen LogP contribution in [0.5, 0.6) is 5.75 Å². The number of aliphatic hydroxyl groups is 1. The molecule has 1 saturated heterocycles. The molecule has 6 heteroatoms. The molecule has 0 atom stereocenters. The highest BCUT2D eigenvalue weighted by molar-refractivity contribution is 7.15. The molecule has 1 aliphatic rings. The van der Waals surface area contributed by atoms with E-state index in [1.165, 1.54) is 24.1 Å². The van der Waals surface area contributed by atoms with Crippen molar-refractivity contribution < 1.29 is 19.3 Å². The number of unbranched alkanes of at least 4 members (excludes halogenated alkanes) is 3. The van der Waals surface area contributed by atoms with Gasteiger partial charge in [-0.05, 0) is 106 Å². The second-order valence-electron chi connectivity index (χ2n) is 11.9. The van der Waals surface area contributed by atoms with E-state index < -0.39 is 0 Å². The highest BCUT2D eigenvalue weighted by atomic mass is 32.1. The SMILES string of the molecule is CCCCCCOc1ccc(N(c2ccc(CO)cc2)c2ccc(-c3ccc(C4OC(C)(C)C(C)(C)O4)s3)cc2)cc1. The normalized spacial score (nSPS) is 16.0. The molecule has 42 heavy (non-hydrogen) atoms. The molecule has 1 aromatic heterocycles. The maximum absolute atomic E-state index is 9.57. The van der Waals surface area contributed by atoms with Crippen LogP contribution in [0.2, 0.25) is 0 Å². The van der Waals surface area contributed by atoms with E-state index in [2.05, 4.69) is 88.0 Å². The number of ether oxygens (including phenoxy) is 3. The summed E-state index contributed by atoms with van der Waals surface area (Å²) in [6, 6.07) is 29.2. The van der Waals surface area contributed by atoms with Crippen molar-refractivity contribution in [3.63, 3.8) is 0 Å². The smallest absolute Gasteiger partial charge is 0.194 e. The average molecular weight is 586 g/mol. The lowest BCUT2D eigenvalue weighted by Gasteiger charge is -2.30. The molecule has 0 amide bonds. The Morgan fingerprint density at radius 2 is 1.31 bits per heavy atom. The molecule has 3 aromatic carbocycles. The van der Waals surface area contributed by atoms with Crippen LogP contribution in [0.25, 0.3) is 10.4 Å². The molecule has 1 fully saturated rings. The Kier molecular flexibility index (Phi) is 9.38. The lowest BCUT2D eigenvalue weighted by Crippen LogP contribution is -2.41. The Morgan fingerprint density at radius 3 is 1.88 bits per heavy atom. The van der Waals surface area contributed by atoms with Gasteiger partial charge in [0.2, 0.25) is 0 Å². The largest absolute Gasteiger partial charge is 0.494 e. The zero-order valence-corrected chi connectivity index (χ0v) is 26.2. The van der Waals surface area contributed by atoms with Crippen molar-refractivity contribution in [3.8, 4) is 16.2 Å². The first-order valence-corrected chi connectivity index (χ1v) is 15.8. The molecule has 0 saturated carbocycles. The molecule has 4 aromatic rings. The quantitative estimate of drug-likeness (QED) is 0.168. The van der Waals surface area contributed by atoms with E-state index in [0.717, 1.165) is 51.8 Å². The van der Waals surface area contributed by atoms with Gasteiger partial charge in [0.1, 0.15) is 5.75 Å². The van der Waals surface area contributed by atoms with Crippen LogP contribution < -0.4 is 9.64 Å². The highest BCUT2D eigenvalue weighted by Crippen LogP contribution is 2.47. The van der Waals surface area contributed by atoms with Gasteiger partial charge in [-0.25, -0.2) is 0 Å². The minimum atomic E-state index is -0.360. The van der Waals surface area contributed by atoms with Crippen LogP contribution in [0.1, 0.15) is 77.0 Å². The van der Waals surface area contributed by atoms with Crippen molar-refractivity contribution in [2.45, 2.75) is 84.4 Å². The molecule has 0 aliphatic carbocycles. The Hall–Kier alpha value is -3.16. The Bertz CT molecular complexity index is 1410. The topological polar surface area (TPSA) is 51.2 Å². The molecule has 0 unspecified atom stereocenters. The van der Waals surface area contributed by atoms with Gasteiger partial charge in [-0.2, -0.15) is 0 Å². The molecule has 1 N–H and O–H groups in total. The third-order valence-corrected chi connectivity index (χ3v) is 9.42. The number of thiophene rings is 1. The van der Waals surface area contributed by atoms with Crippen LogP contribution in [0.15, 0.2) is 84.9 Å². The first-order valence-electron chi connectivity index (χ1n) is 15.0. The lowest BCUT2D eigenvalue weighted by atomic mass is 9.90. The molecule has 0 bridgehead atoms. The molecule has 1 aliphatic heterocycles. The fourth-order valence-electron chi connectivity index (χ4n) is 4.98. The summed E-state index contributed by atoms with van der Waals surface area (Å²) in [6.07, 6.45) is 4.40. The van der Waals surface area contributed by atoms with Crippen molar-refractivity contribution in [1.29, 1.82) is 0 Å². The van der Waals surface area contributed by atoms with Gasteiger partial charge in [0, 0.05) is 21.9 Å². The van der Waals surface area contributed by atoms with Crippen molar-refractivity contribution in [2.75, 3.05) is 11.5 Å². The van der Waals surface area contributed by atoms with E-state index in [-0.39, 0.29) is 24.1 Å². The number of rotatable bonds is 12. The fourth-order valence-corrected chi connectivity index (χ4v) is 5.95. The summed E-state index contributed by atoms with van der Waals surface area (Å²) in [5.41, 5.74) is 4.42. The summed E-state index contributed by atoms with van der Waals surface area (Å²) < 4.78 is 18.5. The monoisotopic (exact) mass is 585 g/mol. The van der Waals surface area contributed by atoms with Crippen molar-refractivity contribution >= 4 is 28.4 Å². The molecule has 5 rings (SSSR count). The second-order valence-corrected chi connectivity index (χ2v) is 13.0. The van der Waals surface area contributed by atoms with Crippen LogP contribution in [-0.2, 0) is 16.1 Å². The summed E-state index contributed by atoms with van der Waals surface area (Å²) >= 11 is 1.71. The van der Waals surface area contributed by atoms with Crippen LogP contribution in [0.4, 0.5) is 17.1 Å². The van der Waals surface area contributed by atoms with Gasteiger partial charge in [0.05, 0.1) is 29.3 Å². The van der Waals surface area contributed by atoms with Gasteiger partial charge in [0.25, 0.3) is 0 Å². The van der Waals surface area contributed by atoms with Crippen molar-refractivity contribution in [3.05, 3.63) is 95.4 Å². The number of anilines is 3. The average Bonchev–Trinajstić information content (AvgIpc) is 3.56. The highest BCUT2D eigenvalue weighted by Gasteiger charge is 2.49. The zero-order valence-electron chi connectivity index (χ0n) is 25.4. The van der Waals surface area contributed by atoms with E-state index >= 15 is 0 Å². The predicted octanol–water partition coefficient (Wildman–Crippen LogP) is 9.94. The number of nitrogens with zero attached hydrogens (tertiary/aromatic N) is 1.